The Morgan fingerprint density at radius 3 is 2.17 bits per heavy atom. The van der Waals surface area contributed by atoms with E-state index in [0.717, 1.165) is 4.31 Å². The second-order valence-corrected chi connectivity index (χ2v) is 11.7. The zero-order chi connectivity index (χ0) is 30.2. The lowest BCUT2D eigenvalue weighted by Gasteiger charge is -2.32. The van der Waals surface area contributed by atoms with Crippen molar-refractivity contribution in [3.8, 4) is 11.5 Å². The molecule has 0 aliphatic carbocycles. The van der Waals surface area contributed by atoms with Crippen molar-refractivity contribution in [1.82, 2.24) is 10.2 Å². The van der Waals surface area contributed by atoms with Crippen LogP contribution in [0.5, 0.6) is 11.5 Å². The van der Waals surface area contributed by atoms with Crippen LogP contribution in [0.1, 0.15) is 32.8 Å². The third kappa shape index (κ3) is 7.71. The van der Waals surface area contributed by atoms with Crippen molar-refractivity contribution in [2.45, 2.75) is 50.7 Å². The molecule has 0 spiro atoms. The average molecular weight is 602 g/mol. The number of nitrogens with one attached hydrogen (secondary N) is 1. The third-order valence-electron chi connectivity index (χ3n) is 6.73. The van der Waals surface area contributed by atoms with Gasteiger partial charge >= 0.3 is 0 Å². The maximum Gasteiger partial charge on any atom is 0.264 e. The van der Waals surface area contributed by atoms with Crippen LogP contribution in [0.25, 0.3) is 0 Å². The Morgan fingerprint density at radius 1 is 0.927 bits per heavy atom. The molecule has 11 heteroatoms. The highest BCUT2D eigenvalue weighted by Crippen LogP contribution is 2.34. The Balaban J connectivity index is 2.08. The van der Waals surface area contributed by atoms with E-state index in [1.54, 1.807) is 55.5 Å². The molecule has 3 rings (SSSR count). The molecule has 9 nitrogen and oxygen atoms in total. The number of hydrogen-bond acceptors (Lipinski definition) is 6. The first-order valence-electron chi connectivity index (χ1n) is 13.2. The van der Waals surface area contributed by atoms with Crippen molar-refractivity contribution in [2.75, 3.05) is 25.1 Å². The lowest BCUT2D eigenvalue weighted by molar-refractivity contribution is -0.139. The molecule has 0 aliphatic heterocycles. The van der Waals surface area contributed by atoms with E-state index in [9.17, 15) is 18.0 Å². The molecule has 0 aromatic heterocycles. The molecule has 0 aliphatic rings. The number of benzene rings is 3. The average Bonchev–Trinajstić information content (AvgIpc) is 2.98. The summed E-state index contributed by atoms with van der Waals surface area (Å²) in [5.41, 5.74) is 0.809. The largest absolute Gasteiger partial charge is 0.493 e. The van der Waals surface area contributed by atoms with Crippen molar-refractivity contribution in [2.24, 2.45) is 0 Å². The van der Waals surface area contributed by atoms with Crippen LogP contribution in [0.15, 0.2) is 77.7 Å². The van der Waals surface area contributed by atoms with Crippen LogP contribution in [0, 0.1) is 0 Å². The van der Waals surface area contributed by atoms with Gasteiger partial charge in [-0.15, -0.1) is 0 Å². The highest BCUT2D eigenvalue weighted by molar-refractivity contribution is 7.92. The van der Waals surface area contributed by atoms with Crippen LogP contribution in [0.4, 0.5) is 5.69 Å². The highest BCUT2D eigenvalue weighted by Gasteiger charge is 2.33. The van der Waals surface area contributed by atoms with E-state index in [1.165, 1.54) is 43.4 Å². The lowest BCUT2D eigenvalue weighted by Crippen LogP contribution is -2.52. The molecule has 3 aromatic carbocycles. The highest BCUT2D eigenvalue weighted by atomic mass is 35.5. The third-order valence-corrected chi connectivity index (χ3v) is 8.89. The van der Waals surface area contributed by atoms with E-state index in [4.69, 9.17) is 21.1 Å². The van der Waals surface area contributed by atoms with Gasteiger partial charge in [0.2, 0.25) is 11.8 Å². The number of methoxy groups -OCH3 is 2. The standard InChI is InChI=1S/C30H36ClN3O6S/c1-6-21(2)32-30(36)22(3)33(19-23-12-10-11-15-26(23)31)29(35)20-34(41(37,38)25-13-8-7-9-14-25)24-16-17-27(39-4)28(18-24)40-5/h7-18,21-22H,6,19-20H2,1-5H3,(H,32,36)/t21-,22+/m0/s1. The summed E-state index contributed by atoms with van der Waals surface area (Å²) in [7, 11) is -1.31. The van der Waals surface area contributed by atoms with Gasteiger partial charge in [-0.2, -0.15) is 0 Å². The molecule has 0 bridgehead atoms. The predicted octanol–water partition coefficient (Wildman–Crippen LogP) is 4.88. The van der Waals surface area contributed by atoms with Crippen LogP contribution in [-0.4, -0.2) is 58.0 Å². The van der Waals surface area contributed by atoms with E-state index < -0.39 is 28.5 Å². The van der Waals surface area contributed by atoms with Crippen molar-refractivity contribution in [3.63, 3.8) is 0 Å². The Bertz CT molecular complexity index is 1450. The Morgan fingerprint density at radius 2 is 1.56 bits per heavy atom. The molecule has 0 saturated carbocycles. The normalized spacial score (nSPS) is 12.6. The summed E-state index contributed by atoms with van der Waals surface area (Å²) in [6, 6.07) is 18.4. The van der Waals surface area contributed by atoms with Crippen LogP contribution in [-0.2, 0) is 26.2 Å². The molecular formula is C30H36ClN3O6S. The minimum atomic E-state index is -4.21. The van der Waals surface area contributed by atoms with E-state index in [2.05, 4.69) is 5.32 Å². The van der Waals surface area contributed by atoms with Gasteiger partial charge in [-0.05, 0) is 56.2 Å². The maximum absolute atomic E-state index is 14.0. The number of nitrogens with zero attached hydrogens (tertiary/aromatic N) is 2. The minimum absolute atomic E-state index is 0.00123. The molecule has 2 atom stereocenters. The number of carbonyl (C=O) groups is 2. The molecule has 0 fully saturated rings. The van der Waals surface area contributed by atoms with E-state index in [-0.39, 0.29) is 29.1 Å². The fourth-order valence-electron chi connectivity index (χ4n) is 4.09. The predicted molar refractivity (Wildman–Crippen MR) is 160 cm³/mol. The monoisotopic (exact) mass is 601 g/mol. The molecule has 0 unspecified atom stereocenters. The number of halogens is 1. The Kier molecular flexibility index (Phi) is 11.0. The summed E-state index contributed by atoms with van der Waals surface area (Å²) in [4.78, 5) is 28.5. The van der Waals surface area contributed by atoms with Gasteiger partial charge in [-0.1, -0.05) is 54.9 Å². The Labute approximate surface area is 247 Å². The first-order valence-corrected chi connectivity index (χ1v) is 15.0. The lowest BCUT2D eigenvalue weighted by atomic mass is 10.1. The summed E-state index contributed by atoms with van der Waals surface area (Å²) in [5, 5.41) is 3.33. The molecule has 0 saturated heterocycles. The van der Waals surface area contributed by atoms with Gasteiger partial charge < -0.3 is 19.7 Å². The smallest absolute Gasteiger partial charge is 0.264 e. The van der Waals surface area contributed by atoms with Gasteiger partial charge in [0.15, 0.2) is 11.5 Å². The van der Waals surface area contributed by atoms with Gasteiger partial charge in [0.25, 0.3) is 10.0 Å². The topological polar surface area (TPSA) is 105 Å². The molecular weight excluding hydrogens is 566 g/mol. The van der Waals surface area contributed by atoms with Crippen molar-refractivity contribution in [3.05, 3.63) is 83.4 Å². The van der Waals surface area contributed by atoms with Crippen LogP contribution in [0.2, 0.25) is 5.02 Å². The number of sulfonamides is 1. The molecule has 0 radical (unpaired) electrons. The van der Waals surface area contributed by atoms with Crippen LogP contribution < -0.4 is 19.1 Å². The second-order valence-electron chi connectivity index (χ2n) is 9.47. The summed E-state index contributed by atoms with van der Waals surface area (Å²) in [6.45, 7) is 4.84. The second kappa shape index (κ2) is 14.2. The number of ether oxygens (including phenoxy) is 2. The first-order chi connectivity index (χ1) is 19.5. The zero-order valence-electron chi connectivity index (χ0n) is 23.8. The number of hydrogen-bond donors (Lipinski definition) is 1. The molecule has 3 aromatic rings. The van der Waals surface area contributed by atoms with Gasteiger partial charge in [0, 0.05) is 23.7 Å². The molecule has 41 heavy (non-hydrogen) atoms. The van der Waals surface area contributed by atoms with Gasteiger partial charge in [0.1, 0.15) is 12.6 Å². The summed E-state index contributed by atoms with van der Waals surface area (Å²) in [5.74, 6) is -0.260. The quantitative estimate of drug-likeness (QED) is 0.299. The number of rotatable bonds is 13. The molecule has 1 N–H and O–H groups in total. The van der Waals surface area contributed by atoms with E-state index in [1.807, 2.05) is 13.8 Å². The number of anilines is 1. The van der Waals surface area contributed by atoms with Gasteiger partial charge in [-0.3, -0.25) is 13.9 Å². The molecule has 2 amide bonds. The van der Waals surface area contributed by atoms with Crippen molar-refractivity contribution in [1.29, 1.82) is 0 Å². The number of carbonyl (C=O) groups excluding carboxylic acids is 2. The number of amides is 2. The van der Waals surface area contributed by atoms with Crippen LogP contribution in [0.3, 0.4) is 0 Å². The molecule has 220 valence electrons. The first kappa shape index (κ1) is 31.8. The Hall–Kier alpha value is -3.76. The van der Waals surface area contributed by atoms with Gasteiger partial charge in [-0.25, -0.2) is 8.42 Å². The zero-order valence-corrected chi connectivity index (χ0v) is 25.4. The fourth-order valence-corrected chi connectivity index (χ4v) is 5.71. The maximum atomic E-state index is 14.0. The summed E-state index contributed by atoms with van der Waals surface area (Å²) >= 11 is 6.41. The summed E-state index contributed by atoms with van der Waals surface area (Å²) < 4.78 is 39.6. The van der Waals surface area contributed by atoms with Gasteiger partial charge in [0.05, 0.1) is 24.8 Å². The van der Waals surface area contributed by atoms with E-state index in [0.29, 0.717) is 28.5 Å². The fraction of sp³-hybridized carbons (Fsp3) is 0.333. The molecule has 0 heterocycles. The summed E-state index contributed by atoms with van der Waals surface area (Å²) in [6.07, 6.45) is 0.708. The van der Waals surface area contributed by atoms with E-state index >= 15 is 0 Å². The minimum Gasteiger partial charge on any atom is -0.493 e. The van der Waals surface area contributed by atoms with Crippen molar-refractivity contribution < 1.29 is 27.5 Å². The van der Waals surface area contributed by atoms with Crippen LogP contribution >= 0.6 is 11.6 Å². The SMILES string of the molecule is CC[C@H](C)NC(=O)[C@@H](C)N(Cc1ccccc1Cl)C(=O)CN(c1ccc(OC)c(OC)c1)S(=O)(=O)c1ccccc1. The van der Waals surface area contributed by atoms with Crippen molar-refractivity contribution >= 4 is 39.1 Å².